The highest BCUT2D eigenvalue weighted by Crippen LogP contribution is 2.32. The number of nitrogens with two attached hydrogens (primary N) is 1. The highest BCUT2D eigenvalue weighted by atomic mass is 32.1. The van der Waals surface area contributed by atoms with Crippen molar-refractivity contribution in [3.8, 4) is 0 Å². The Hall–Kier alpha value is -0.680. The summed E-state index contributed by atoms with van der Waals surface area (Å²) in [4.78, 5) is 14.6. The molecule has 1 atom stereocenters. The van der Waals surface area contributed by atoms with Gasteiger partial charge in [0, 0.05) is 6.54 Å². The molecule has 0 radical (unpaired) electrons. The van der Waals surface area contributed by atoms with Crippen LogP contribution in [0.1, 0.15) is 39.5 Å². The van der Waals surface area contributed by atoms with E-state index in [2.05, 4.69) is 0 Å². The molecular weight excluding hydrogens is 236 g/mol. The molecule has 1 fully saturated rings. The van der Waals surface area contributed by atoms with Gasteiger partial charge in [-0.05, 0) is 25.7 Å². The van der Waals surface area contributed by atoms with Crippen LogP contribution in [0.5, 0.6) is 0 Å². The maximum absolute atomic E-state index is 12.6. The molecule has 0 spiro atoms. The Morgan fingerprint density at radius 1 is 1.53 bits per heavy atom. The minimum absolute atomic E-state index is 0.00782. The quantitative estimate of drug-likeness (QED) is 0.724. The molecule has 0 aromatic rings. The summed E-state index contributed by atoms with van der Waals surface area (Å²) in [5, 5.41) is 9.28. The van der Waals surface area contributed by atoms with Crippen LogP contribution in [-0.2, 0) is 4.79 Å². The van der Waals surface area contributed by atoms with Crippen molar-refractivity contribution in [3.63, 3.8) is 0 Å². The normalized spacial score (nSPS) is 20.6. The van der Waals surface area contributed by atoms with Crippen LogP contribution >= 0.6 is 12.2 Å². The van der Waals surface area contributed by atoms with Crippen molar-refractivity contribution in [1.82, 2.24) is 4.90 Å². The summed E-state index contributed by atoms with van der Waals surface area (Å²) in [6.07, 6.45) is 3.04. The first kappa shape index (κ1) is 14.4. The molecule has 98 valence electrons. The molecule has 0 aromatic heterocycles. The van der Waals surface area contributed by atoms with Crippen molar-refractivity contribution < 1.29 is 9.90 Å². The Morgan fingerprint density at radius 3 is 2.53 bits per heavy atom. The predicted octanol–water partition coefficient (Wildman–Crippen LogP) is 1.06. The van der Waals surface area contributed by atoms with E-state index < -0.39 is 5.41 Å². The lowest BCUT2D eigenvalue weighted by Gasteiger charge is -2.35. The highest BCUT2D eigenvalue weighted by molar-refractivity contribution is 7.80. The standard InChI is InChI=1S/C12H22N2O2S/c1-3-12(4-2,10(13)17)11(16)14-7-5-6-9(14)8-15/h9,15H,3-8H2,1-2H3,(H2,13,17). The molecule has 0 aliphatic carbocycles. The molecule has 0 aromatic carbocycles. The number of hydrogen-bond acceptors (Lipinski definition) is 3. The largest absolute Gasteiger partial charge is 0.394 e. The van der Waals surface area contributed by atoms with Crippen LogP contribution in [-0.4, -0.2) is 40.1 Å². The second kappa shape index (κ2) is 5.78. The minimum atomic E-state index is -0.729. The zero-order valence-corrected chi connectivity index (χ0v) is 11.4. The maximum Gasteiger partial charge on any atom is 0.235 e. The molecule has 4 nitrogen and oxygen atoms in total. The van der Waals surface area contributed by atoms with Gasteiger partial charge in [0.15, 0.2) is 0 Å². The summed E-state index contributed by atoms with van der Waals surface area (Å²) in [5.41, 5.74) is 5.04. The third kappa shape index (κ3) is 2.45. The van der Waals surface area contributed by atoms with Crippen molar-refractivity contribution in [3.05, 3.63) is 0 Å². The Balaban J connectivity index is 2.96. The molecule has 1 aliphatic rings. The molecule has 1 amide bonds. The van der Waals surface area contributed by atoms with E-state index in [1.807, 2.05) is 13.8 Å². The zero-order chi connectivity index (χ0) is 13.1. The first-order valence-corrected chi connectivity index (χ1v) is 6.66. The Bertz CT molecular complexity index is 303. The van der Waals surface area contributed by atoms with E-state index in [1.165, 1.54) is 0 Å². The number of likely N-dealkylation sites (tertiary alicyclic amines) is 1. The van der Waals surface area contributed by atoms with Crippen molar-refractivity contribution in [2.45, 2.75) is 45.6 Å². The Labute approximate surface area is 108 Å². The fourth-order valence-electron chi connectivity index (χ4n) is 2.57. The number of nitrogens with zero attached hydrogens (tertiary/aromatic N) is 1. The van der Waals surface area contributed by atoms with Crippen LogP contribution in [0.3, 0.4) is 0 Å². The van der Waals surface area contributed by atoms with E-state index in [9.17, 15) is 9.90 Å². The van der Waals surface area contributed by atoms with Gasteiger partial charge in [0.1, 0.15) is 0 Å². The van der Waals surface area contributed by atoms with Crippen molar-refractivity contribution in [2.75, 3.05) is 13.2 Å². The average Bonchev–Trinajstić information content (AvgIpc) is 2.78. The summed E-state index contributed by atoms with van der Waals surface area (Å²) in [6.45, 7) is 4.59. The number of carbonyl (C=O) groups is 1. The fourth-order valence-corrected chi connectivity index (χ4v) is 2.95. The third-order valence-corrected chi connectivity index (χ3v) is 4.33. The second-order valence-electron chi connectivity index (χ2n) is 4.63. The van der Waals surface area contributed by atoms with Gasteiger partial charge in [-0.3, -0.25) is 4.79 Å². The molecule has 17 heavy (non-hydrogen) atoms. The topological polar surface area (TPSA) is 66.6 Å². The molecule has 1 unspecified atom stereocenters. The monoisotopic (exact) mass is 258 g/mol. The predicted molar refractivity (Wildman–Crippen MR) is 71.6 cm³/mol. The SMILES string of the molecule is CCC(CC)(C(=O)N1CCCC1CO)C(N)=S. The molecule has 0 bridgehead atoms. The van der Waals surface area contributed by atoms with Crippen LogP contribution < -0.4 is 5.73 Å². The summed E-state index contributed by atoms with van der Waals surface area (Å²) in [7, 11) is 0. The van der Waals surface area contributed by atoms with E-state index in [1.54, 1.807) is 4.90 Å². The first-order chi connectivity index (χ1) is 8.03. The average molecular weight is 258 g/mol. The van der Waals surface area contributed by atoms with Gasteiger partial charge in [0.2, 0.25) is 5.91 Å². The molecule has 1 saturated heterocycles. The van der Waals surface area contributed by atoms with Gasteiger partial charge >= 0.3 is 0 Å². The maximum atomic E-state index is 12.6. The summed E-state index contributed by atoms with van der Waals surface area (Å²) in [6, 6.07) is -0.0608. The van der Waals surface area contributed by atoms with Gasteiger partial charge in [-0.1, -0.05) is 26.1 Å². The van der Waals surface area contributed by atoms with Crippen molar-refractivity contribution >= 4 is 23.1 Å². The Kier molecular flexibility index (Phi) is 4.89. The smallest absolute Gasteiger partial charge is 0.235 e. The number of hydrogen-bond donors (Lipinski definition) is 2. The first-order valence-electron chi connectivity index (χ1n) is 6.25. The lowest BCUT2D eigenvalue weighted by atomic mass is 9.80. The van der Waals surface area contributed by atoms with Crippen LogP contribution in [0.4, 0.5) is 0 Å². The van der Waals surface area contributed by atoms with Gasteiger partial charge in [-0.2, -0.15) is 0 Å². The molecule has 1 rings (SSSR count). The van der Waals surface area contributed by atoms with E-state index in [0.29, 0.717) is 19.4 Å². The number of aliphatic hydroxyl groups excluding tert-OH is 1. The Morgan fingerprint density at radius 2 is 2.12 bits per heavy atom. The minimum Gasteiger partial charge on any atom is -0.394 e. The van der Waals surface area contributed by atoms with Crippen molar-refractivity contribution in [1.29, 1.82) is 0 Å². The lowest BCUT2D eigenvalue weighted by molar-refractivity contribution is -0.140. The fraction of sp³-hybridized carbons (Fsp3) is 0.833. The van der Waals surface area contributed by atoms with Gasteiger partial charge in [-0.25, -0.2) is 0 Å². The van der Waals surface area contributed by atoms with Gasteiger partial charge < -0.3 is 15.7 Å². The van der Waals surface area contributed by atoms with Gasteiger partial charge in [0.05, 0.1) is 23.1 Å². The molecule has 1 aliphatic heterocycles. The summed E-state index contributed by atoms with van der Waals surface area (Å²) < 4.78 is 0. The molecule has 3 N–H and O–H groups in total. The molecule has 0 saturated carbocycles. The summed E-state index contributed by atoms with van der Waals surface area (Å²) >= 11 is 5.08. The number of carbonyl (C=O) groups excluding carboxylic acids is 1. The number of amides is 1. The molecule has 5 heteroatoms. The van der Waals surface area contributed by atoms with E-state index >= 15 is 0 Å². The number of aliphatic hydroxyl groups is 1. The zero-order valence-electron chi connectivity index (χ0n) is 10.6. The molecule has 1 heterocycles. The lowest BCUT2D eigenvalue weighted by Crippen LogP contribution is -2.52. The van der Waals surface area contributed by atoms with E-state index in [0.717, 1.165) is 12.8 Å². The van der Waals surface area contributed by atoms with Crippen molar-refractivity contribution in [2.24, 2.45) is 11.1 Å². The van der Waals surface area contributed by atoms with Crippen LogP contribution in [0.15, 0.2) is 0 Å². The highest BCUT2D eigenvalue weighted by Gasteiger charge is 2.43. The van der Waals surface area contributed by atoms with Crippen LogP contribution in [0, 0.1) is 5.41 Å². The third-order valence-electron chi connectivity index (χ3n) is 3.94. The van der Waals surface area contributed by atoms with E-state index in [-0.39, 0.29) is 23.5 Å². The van der Waals surface area contributed by atoms with E-state index in [4.69, 9.17) is 18.0 Å². The van der Waals surface area contributed by atoms with Gasteiger partial charge in [0.25, 0.3) is 0 Å². The number of thiocarbonyl (C=S) groups is 1. The van der Waals surface area contributed by atoms with Crippen LogP contribution in [0.2, 0.25) is 0 Å². The van der Waals surface area contributed by atoms with Gasteiger partial charge in [-0.15, -0.1) is 0 Å². The number of rotatable bonds is 5. The van der Waals surface area contributed by atoms with Crippen LogP contribution in [0.25, 0.3) is 0 Å². The second-order valence-corrected chi connectivity index (χ2v) is 5.07. The summed E-state index contributed by atoms with van der Waals surface area (Å²) in [5.74, 6) is -0.00782. The molecular formula is C12H22N2O2S.